The fourth-order valence-corrected chi connectivity index (χ4v) is 2.91. The molecule has 1 unspecified atom stereocenters. The van der Waals surface area contributed by atoms with Crippen LogP contribution < -0.4 is 15.1 Å². The fraction of sp³-hybridized carbons (Fsp3) is 0.429. The molecule has 1 atom stereocenters. The molecule has 0 saturated carbocycles. The van der Waals surface area contributed by atoms with Gasteiger partial charge in [0.25, 0.3) is 0 Å². The average Bonchev–Trinajstić information content (AvgIpc) is 2.45. The molecule has 0 radical (unpaired) electrons. The zero-order valence-corrected chi connectivity index (χ0v) is 10.9. The van der Waals surface area contributed by atoms with Crippen LogP contribution >= 0.6 is 0 Å². The summed E-state index contributed by atoms with van der Waals surface area (Å²) in [4.78, 5) is 16.3. The Morgan fingerprint density at radius 2 is 2.32 bits per heavy atom. The predicted octanol–water partition coefficient (Wildman–Crippen LogP) is 0.703. The van der Waals surface area contributed by atoms with E-state index >= 15 is 0 Å². The van der Waals surface area contributed by atoms with Gasteiger partial charge in [-0.25, -0.2) is 0 Å². The number of rotatable bonds is 1. The monoisotopic (exact) mass is 256 g/mol. The number of hydrogen-bond donors (Lipinski definition) is 1. The van der Waals surface area contributed by atoms with Crippen LogP contribution in [0.3, 0.4) is 0 Å². The molecule has 0 bridgehead atoms. The third-order valence-electron chi connectivity index (χ3n) is 3.81. The number of nitrogens with one attached hydrogen (secondary N) is 1. The van der Waals surface area contributed by atoms with Crippen LogP contribution in [0.15, 0.2) is 18.2 Å². The summed E-state index contributed by atoms with van der Waals surface area (Å²) in [6.07, 6.45) is 0. The number of fused-ring (bicyclic) bond motifs is 3. The first-order valence-electron chi connectivity index (χ1n) is 6.56. The average molecular weight is 256 g/mol. The highest BCUT2D eigenvalue weighted by Crippen LogP contribution is 2.36. The summed E-state index contributed by atoms with van der Waals surface area (Å²) in [5, 5.41) is 12.2. The number of likely N-dealkylation sites (N-methyl/N-ethyl adjacent to an activating group) is 1. The molecule has 2 aliphatic heterocycles. The van der Waals surface area contributed by atoms with Crippen LogP contribution in [0, 0.1) is 11.3 Å². The Morgan fingerprint density at radius 3 is 3.05 bits per heavy atom. The van der Waals surface area contributed by atoms with Crippen molar-refractivity contribution in [3.63, 3.8) is 0 Å². The Balaban J connectivity index is 2.12. The van der Waals surface area contributed by atoms with E-state index in [-0.39, 0.29) is 11.9 Å². The highest BCUT2D eigenvalue weighted by Gasteiger charge is 2.36. The van der Waals surface area contributed by atoms with E-state index in [4.69, 9.17) is 5.26 Å². The van der Waals surface area contributed by atoms with E-state index in [1.54, 1.807) is 0 Å². The van der Waals surface area contributed by atoms with Gasteiger partial charge in [0.1, 0.15) is 0 Å². The van der Waals surface area contributed by atoms with Crippen molar-refractivity contribution >= 4 is 17.3 Å². The maximum atomic E-state index is 12.1. The molecule has 5 heteroatoms. The second kappa shape index (κ2) is 4.56. The minimum absolute atomic E-state index is 0.0864. The van der Waals surface area contributed by atoms with Crippen molar-refractivity contribution in [2.45, 2.75) is 13.0 Å². The summed E-state index contributed by atoms with van der Waals surface area (Å²) in [6.45, 7) is 5.03. The number of nitriles is 1. The van der Waals surface area contributed by atoms with E-state index in [0.717, 1.165) is 31.0 Å². The van der Waals surface area contributed by atoms with Crippen molar-refractivity contribution in [2.24, 2.45) is 0 Å². The predicted molar refractivity (Wildman–Crippen MR) is 73.2 cm³/mol. The number of amides is 1. The second-order valence-corrected chi connectivity index (χ2v) is 4.90. The third kappa shape index (κ3) is 1.85. The Bertz CT molecular complexity index is 563. The Morgan fingerprint density at radius 1 is 1.47 bits per heavy atom. The Labute approximate surface area is 112 Å². The van der Waals surface area contributed by atoms with Crippen LogP contribution in [0.4, 0.5) is 11.4 Å². The third-order valence-corrected chi connectivity index (χ3v) is 3.81. The number of carbonyl (C=O) groups is 1. The van der Waals surface area contributed by atoms with Gasteiger partial charge in [-0.05, 0) is 25.1 Å². The number of nitrogens with zero attached hydrogens (tertiary/aromatic N) is 3. The molecule has 1 aromatic rings. The molecule has 1 saturated heterocycles. The van der Waals surface area contributed by atoms with Crippen molar-refractivity contribution in [1.29, 1.82) is 5.26 Å². The lowest BCUT2D eigenvalue weighted by molar-refractivity contribution is -0.119. The minimum Gasteiger partial charge on any atom is -0.368 e. The van der Waals surface area contributed by atoms with Gasteiger partial charge in [-0.2, -0.15) is 5.26 Å². The van der Waals surface area contributed by atoms with Crippen molar-refractivity contribution in [3.05, 3.63) is 23.8 Å². The Kier molecular flexibility index (Phi) is 2.88. The smallest absolute Gasteiger partial charge is 0.241 e. The molecule has 0 spiro atoms. The van der Waals surface area contributed by atoms with Gasteiger partial charge in [-0.15, -0.1) is 0 Å². The summed E-state index contributed by atoms with van der Waals surface area (Å²) < 4.78 is 0. The SMILES string of the molecule is CCN1CC2CNCC(=O)N2c2cc(C#N)ccc21. The molecular weight excluding hydrogens is 240 g/mol. The highest BCUT2D eigenvalue weighted by molar-refractivity contribution is 6.00. The van der Waals surface area contributed by atoms with Gasteiger partial charge in [0, 0.05) is 19.6 Å². The van der Waals surface area contributed by atoms with E-state index < -0.39 is 0 Å². The molecule has 98 valence electrons. The van der Waals surface area contributed by atoms with Gasteiger partial charge in [0.15, 0.2) is 0 Å². The van der Waals surface area contributed by atoms with Gasteiger partial charge >= 0.3 is 0 Å². The van der Waals surface area contributed by atoms with Crippen molar-refractivity contribution in [2.75, 3.05) is 36.0 Å². The van der Waals surface area contributed by atoms with Crippen LogP contribution in [0.25, 0.3) is 0 Å². The molecule has 0 aromatic heterocycles. The van der Waals surface area contributed by atoms with Crippen molar-refractivity contribution in [1.82, 2.24) is 5.32 Å². The normalized spacial score (nSPS) is 21.7. The summed E-state index contributed by atoms with van der Waals surface area (Å²) in [6, 6.07) is 7.89. The zero-order chi connectivity index (χ0) is 13.4. The standard InChI is InChI=1S/C14H16N4O/c1-2-17-9-11-7-16-8-14(19)18(11)13-5-10(6-15)3-4-12(13)17/h3-5,11,16H,2,7-9H2,1H3. The van der Waals surface area contributed by atoms with E-state index in [1.165, 1.54) is 0 Å². The molecular formula is C14H16N4O. The lowest BCUT2D eigenvalue weighted by Crippen LogP contribution is -2.61. The molecule has 5 nitrogen and oxygen atoms in total. The second-order valence-electron chi connectivity index (χ2n) is 4.90. The van der Waals surface area contributed by atoms with Gasteiger partial charge < -0.3 is 15.1 Å². The first-order chi connectivity index (χ1) is 9.24. The van der Waals surface area contributed by atoms with Gasteiger partial charge in [-0.1, -0.05) is 0 Å². The van der Waals surface area contributed by atoms with Gasteiger partial charge in [0.05, 0.1) is 35.6 Å². The highest BCUT2D eigenvalue weighted by atomic mass is 16.2. The fourth-order valence-electron chi connectivity index (χ4n) is 2.91. The molecule has 2 heterocycles. The molecule has 1 fully saturated rings. The van der Waals surface area contributed by atoms with E-state index in [9.17, 15) is 4.79 Å². The largest absolute Gasteiger partial charge is 0.368 e. The van der Waals surface area contributed by atoms with Crippen molar-refractivity contribution < 1.29 is 4.79 Å². The van der Waals surface area contributed by atoms with Crippen LogP contribution in [0.5, 0.6) is 0 Å². The van der Waals surface area contributed by atoms with Crippen LogP contribution in [-0.4, -0.2) is 38.1 Å². The van der Waals surface area contributed by atoms with E-state index in [0.29, 0.717) is 12.1 Å². The molecule has 0 aliphatic carbocycles. The van der Waals surface area contributed by atoms with E-state index in [2.05, 4.69) is 23.2 Å². The number of piperazine rings is 1. The van der Waals surface area contributed by atoms with Crippen LogP contribution in [-0.2, 0) is 4.79 Å². The summed E-state index contributed by atoms with van der Waals surface area (Å²) in [5.74, 6) is 0.0864. The number of hydrogen-bond acceptors (Lipinski definition) is 4. The van der Waals surface area contributed by atoms with Crippen LogP contribution in [0.2, 0.25) is 0 Å². The number of anilines is 2. The maximum Gasteiger partial charge on any atom is 0.241 e. The first kappa shape index (κ1) is 12.0. The molecule has 1 aromatic carbocycles. The van der Waals surface area contributed by atoms with Gasteiger partial charge in [-0.3, -0.25) is 4.79 Å². The van der Waals surface area contributed by atoms with Gasteiger partial charge in [0.2, 0.25) is 5.91 Å². The quantitative estimate of drug-likeness (QED) is 0.803. The summed E-state index contributed by atoms with van der Waals surface area (Å²) in [5.41, 5.74) is 2.53. The van der Waals surface area contributed by atoms with E-state index in [1.807, 2.05) is 23.1 Å². The van der Waals surface area contributed by atoms with Crippen molar-refractivity contribution in [3.8, 4) is 6.07 Å². The number of carbonyl (C=O) groups excluding carboxylic acids is 1. The topological polar surface area (TPSA) is 59.4 Å². The van der Waals surface area contributed by atoms with Crippen LogP contribution in [0.1, 0.15) is 12.5 Å². The maximum absolute atomic E-state index is 12.1. The molecule has 1 N–H and O–H groups in total. The molecule has 19 heavy (non-hydrogen) atoms. The molecule has 1 amide bonds. The summed E-state index contributed by atoms with van der Waals surface area (Å²) >= 11 is 0. The minimum atomic E-state index is 0.0864. The zero-order valence-electron chi connectivity index (χ0n) is 10.9. The summed E-state index contributed by atoms with van der Waals surface area (Å²) in [7, 11) is 0. The Hall–Kier alpha value is -2.06. The lowest BCUT2D eigenvalue weighted by atomic mass is 10.0. The molecule has 2 aliphatic rings. The number of benzene rings is 1. The molecule has 3 rings (SSSR count). The lowest BCUT2D eigenvalue weighted by Gasteiger charge is -2.45. The first-order valence-corrected chi connectivity index (χ1v) is 6.56.